The zero-order chi connectivity index (χ0) is 20.9. The monoisotopic (exact) mass is 413 g/mol. The van der Waals surface area contributed by atoms with Gasteiger partial charge in [0.15, 0.2) is 0 Å². The van der Waals surface area contributed by atoms with Crippen molar-refractivity contribution in [2.45, 2.75) is 25.2 Å². The molecule has 0 saturated carbocycles. The number of halogens is 4. The number of esters is 1. The minimum Gasteiger partial charge on any atom is -0.429 e. The van der Waals surface area contributed by atoms with Crippen LogP contribution < -0.4 is 5.32 Å². The van der Waals surface area contributed by atoms with Gasteiger partial charge >= 0.3 is 12.1 Å². The first kappa shape index (κ1) is 21.4. The number of aromatic nitrogens is 1. The molecule has 0 aliphatic carbocycles. The second-order valence-electron chi connectivity index (χ2n) is 5.74. The summed E-state index contributed by atoms with van der Waals surface area (Å²) in [5.74, 6) is -2.42. The molecular weight excluding hydrogens is 399 g/mol. The van der Waals surface area contributed by atoms with Gasteiger partial charge in [0.1, 0.15) is 0 Å². The Morgan fingerprint density at radius 3 is 2.32 bits per heavy atom. The average molecular weight is 414 g/mol. The van der Waals surface area contributed by atoms with Crippen LogP contribution in [0.2, 0.25) is 5.02 Å². The summed E-state index contributed by atoms with van der Waals surface area (Å²) in [6.45, 7) is 0.776. The zero-order valence-corrected chi connectivity index (χ0v) is 15.3. The van der Waals surface area contributed by atoms with E-state index < -0.39 is 35.9 Å². The van der Waals surface area contributed by atoms with Crippen LogP contribution in [0.5, 0.6) is 0 Å². The van der Waals surface area contributed by atoms with Crippen molar-refractivity contribution in [3.63, 3.8) is 0 Å². The number of benzene rings is 1. The lowest BCUT2D eigenvalue weighted by Crippen LogP contribution is -2.62. The molecule has 2 N–H and O–H groups in total. The molecule has 0 aliphatic rings. The normalized spacial score (nSPS) is 13.3. The van der Waals surface area contributed by atoms with E-state index in [-0.39, 0.29) is 16.1 Å². The smallest absolute Gasteiger partial charge is 0.429 e. The summed E-state index contributed by atoms with van der Waals surface area (Å²) in [6, 6.07) is 8.19. The fourth-order valence-corrected chi connectivity index (χ4v) is 2.64. The van der Waals surface area contributed by atoms with E-state index in [1.54, 1.807) is 11.4 Å². The van der Waals surface area contributed by atoms with Crippen molar-refractivity contribution >= 4 is 29.2 Å². The summed E-state index contributed by atoms with van der Waals surface area (Å²) in [5.41, 5.74) is -4.13. The number of carbonyl (C=O) groups excluding carboxylic acids is 2. The predicted molar refractivity (Wildman–Crippen MR) is 95.2 cm³/mol. The third-order valence-electron chi connectivity index (χ3n) is 3.66. The van der Waals surface area contributed by atoms with Crippen LogP contribution in [0.1, 0.15) is 29.3 Å². The number of amides is 1. The van der Waals surface area contributed by atoms with Crippen molar-refractivity contribution in [3.05, 3.63) is 64.9 Å². The van der Waals surface area contributed by atoms with Crippen LogP contribution in [0.4, 0.5) is 13.2 Å². The minimum absolute atomic E-state index is 0.0168. The Kier molecular flexibility index (Phi) is 6.40. The van der Waals surface area contributed by atoms with E-state index in [2.05, 4.69) is 9.72 Å². The number of carbonyl (C=O) groups is 2. The van der Waals surface area contributed by atoms with E-state index in [9.17, 15) is 22.8 Å². The van der Waals surface area contributed by atoms with Gasteiger partial charge in [-0.15, -0.1) is 0 Å². The number of pyridine rings is 1. The predicted octanol–water partition coefficient (Wildman–Crippen LogP) is 3.74. The standard InChI is InChI=1S/C18H15ClF3N3O3/c1-11(26)28-17(18(20,21)22,25-16(27)12-6-8-24-9-7-12)10-15(23)13-4-2-3-5-14(13)19/h2-9,23H,10H2,1H3,(H,25,27). The summed E-state index contributed by atoms with van der Waals surface area (Å²) in [5, 5.41) is 9.83. The van der Waals surface area contributed by atoms with Gasteiger partial charge in [0.25, 0.3) is 11.6 Å². The van der Waals surface area contributed by atoms with Crippen LogP contribution in [0.3, 0.4) is 0 Å². The summed E-state index contributed by atoms with van der Waals surface area (Å²) in [4.78, 5) is 27.5. The molecule has 148 valence electrons. The Labute approximate surface area is 163 Å². The molecule has 1 unspecified atom stereocenters. The maximum Gasteiger partial charge on any atom is 0.449 e. The van der Waals surface area contributed by atoms with E-state index in [1.165, 1.54) is 42.7 Å². The van der Waals surface area contributed by atoms with Gasteiger partial charge in [-0.3, -0.25) is 14.6 Å². The summed E-state index contributed by atoms with van der Waals surface area (Å²) >= 11 is 5.95. The maximum atomic E-state index is 14.0. The van der Waals surface area contributed by atoms with Gasteiger partial charge in [-0.25, -0.2) is 0 Å². The van der Waals surface area contributed by atoms with Crippen molar-refractivity contribution in [2.75, 3.05) is 0 Å². The van der Waals surface area contributed by atoms with Gasteiger partial charge in [-0.1, -0.05) is 29.8 Å². The topological polar surface area (TPSA) is 92.1 Å². The molecule has 0 bridgehead atoms. The third kappa shape index (κ3) is 4.86. The minimum atomic E-state index is -5.21. The molecular formula is C18H15ClF3N3O3. The van der Waals surface area contributed by atoms with Gasteiger partial charge < -0.3 is 15.5 Å². The number of hydrogen-bond acceptors (Lipinski definition) is 5. The lowest BCUT2D eigenvalue weighted by molar-refractivity contribution is -0.274. The van der Waals surface area contributed by atoms with E-state index >= 15 is 0 Å². The highest BCUT2D eigenvalue weighted by Gasteiger charge is 2.60. The van der Waals surface area contributed by atoms with E-state index in [1.807, 2.05) is 0 Å². The molecule has 1 heterocycles. The fourth-order valence-electron chi connectivity index (χ4n) is 2.39. The van der Waals surface area contributed by atoms with Gasteiger partial charge in [0.2, 0.25) is 0 Å². The fraction of sp³-hybridized carbons (Fsp3) is 0.222. The summed E-state index contributed by atoms with van der Waals surface area (Å²) in [7, 11) is 0. The lowest BCUT2D eigenvalue weighted by atomic mass is 9.98. The number of hydrogen-bond donors (Lipinski definition) is 2. The molecule has 10 heteroatoms. The molecule has 1 amide bonds. The molecule has 0 spiro atoms. The summed E-state index contributed by atoms with van der Waals surface area (Å²) < 4.78 is 46.4. The lowest BCUT2D eigenvalue weighted by Gasteiger charge is -2.35. The molecule has 1 atom stereocenters. The third-order valence-corrected chi connectivity index (χ3v) is 3.99. The van der Waals surface area contributed by atoms with Crippen LogP contribution >= 0.6 is 11.6 Å². The van der Waals surface area contributed by atoms with Crippen molar-refractivity contribution in [2.24, 2.45) is 0 Å². The molecule has 2 aromatic rings. The first-order valence-electron chi connectivity index (χ1n) is 7.87. The van der Waals surface area contributed by atoms with Crippen LogP contribution in [-0.2, 0) is 9.53 Å². The molecule has 0 saturated heterocycles. The van der Waals surface area contributed by atoms with Gasteiger partial charge in [-0.05, 0) is 18.2 Å². The van der Waals surface area contributed by atoms with Crippen LogP contribution in [0, 0.1) is 5.41 Å². The van der Waals surface area contributed by atoms with Crippen LogP contribution in [-0.4, -0.2) is 34.5 Å². The van der Waals surface area contributed by atoms with Crippen molar-refractivity contribution in [1.29, 1.82) is 5.41 Å². The largest absolute Gasteiger partial charge is 0.449 e. The van der Waals surface area contributed by atoms with Gasteiger partial charge in [0, 0.05) is 41.2 Å². The summed E-state index contributed by atoms with van der Waals surface area (Å²) in [6.07, 6.45) is -3.94. The molecule has 0 fully saturated rings. The molecule has 28 heavy (non-hydrogen) atoms. The molecule has 0 radical (unpaired) electrons. The molecule has 2 rings (SSSR count). The number of ether oxygens (including phenoxy) is 1. The second-order valence-corrected chi connectivity index (χ2v) is 6.15. The molecule has 6 nitrogen and oxygen atoms in total. The number of alkyl halides is 3. The number of nitrogens with zero attached hydrogens (tertiary/aromatic N) is 1. The van der Waals surface area contributed by atoms with E-state index in [4.69, 9.17) is 17.0 Å². The Morgan fingerprint density at radius 1 is 1.18 bits per heavy atom. The molecule has 1 aromatic carbocycles. The zero-order valence-electron chi connectivity index (χ0n) is 14.5. The second kappa shape index (κ2) is 8.39. The van der Waals surface area contributed by atoms with Crippen molar-refractivity contribution in [1.82, 2.24) is 10.3 Å². The SMILES string of the molecule is CC(=O)OC(CC(=N)c1ccccc1Cl)(NC(=O)c1ccncc1)C(F)(F)F. The van der Waals surface area contributed by atoms with Crippen molar-refractivity contribution < 1.29 is 27.5 Å². The maximum absolute atomic E-state index is 14.0. The Hall–Kier alpha value is -2.94. The number of nitrogens with one attached hydrogen (secondary N) is 2. The number of rotatable bonds is 6. The van der Waals surface area contributed by atoms with E-state index in [0.29, 0.717) is 0 Å². The highest BCUT2D eigenvalue weighted by atomic mass is 35.5. The quantitative estimate of drug-likeness (QED) is 0.428. The van der Waals surface area contributed by atoms with Crippen molar-refractivity contribution in [3.8, 4) is 0 Å². The Bertz CT molecular complexity index is 890. The molecule has 1 aromatic heterocycles. The van der Waals surface area contributed by atoms with Crippen LogP contribution in [0.25, 0.3) is 0 Å². The highest BCUT2D eigenvalue weighted by Crippen LogP contribution is 2.36. The Morgan fingerprint density at radius 2 is 1.79 bits per heavy atom. The highest BCUT2D eigenvalue weighted by molar-refractivity contribution is 6.34. The molecule has 0 aliphatic heterocycles. The average Bonchev–Trinajstić information content (AvgIpc) is 2.61. The Balaban J connectivity index is 2.45. The first-order valence-corrected chi connectivity index (χ1v) is 8.25. The van der Waals surface area contributed by atoms with Gasteiger partial charge in [0.05, 0.1) is 6.42 Å². The first-order chi connectivity index (χ1) is 13.1. The van der Waals surface area contributed by atoms with Gasteiger partial charge in [-0.2, -0.15) is 13.2 Å². The van der Waals surface area contributed by atoms with E-state index in [0.717, 1.165) is 6.92 Å². The van der Waals surface area contributed by atoms with Crippen LogP contribution in [0.15, 0.2) is 48.8 Å².